The van der Waals surface area contributed by atoms with Crippen molar-refractivity contribution in [3.05, 3.63) is 6.42 Å². The molecule has 0 amide bonds. The topological polar surface area (TPSA) is 9.23 Å². The lowest BCUT2D eigenvalue weighted by Gasteiger charge is -2.16. The standard InChI is InChI=1S/C6H11O/c1-6-3-2-4-7-5-6/h3,6H,2,4-5H2,1H3/t6-/m0/s1. The minimum atomic E-state index is 0.689. The van der Waals surface area contributed by atoms with Crippen LogP contribution in [-0.4, -0.2) is 13.2 Å². The molecule has 1 aliphatic rings. The van der Waals surface area contributed by atoms with Crippen molar-refractivity contribution in [1.82, 2.24) is 0 Å². The number of rotatable bonds is 0. The monoisotopic (exact) mass is 99.1 g/mol. The van der Waals surface area contributed by atoms with Gasteiger partial charge in [0.05, 0.1) is 0 Å². The molecule has 0 aromatic carbocycles. The Morgan fingerprint density at radius 2 is 2.57 bits per heavy atom. The number of ether oxygens (including phenoxy) is 1. The molecule has 1 atom stereocenters. The second-order valence-electron chi connectivity index (χ2n) is 2.08. The quantitative estimate of drug-likeness (QED) is 0.444. The van der Waals surface area contributed by atoms with Gasteiger partial charge < -0.3 is 4.74 Å². The fraction of sp³-hybridized carbons (Fsp3) is 0.833. The molecule has 0 aliphatic carbocycles. The summed E-state index contributed by atoms with van der Waals surface area (Å²) in [5.74, 6) is 0.689. The van der Waals surface area contributed by atoms with Crippen molar-refractivity contribution in [2.24, 2.45) is 5.92 Å². The largest absolute Gasteiger partial charge is 0.381 e. The Kier molecular flexibility index (Phi) is 1.69. The molecule has 0 N–H and O–H groups in total. The third kappa shape index (κ3) is 1.48. The first kappa shape index (κ1) is 5.10. The van der Waals surface area contributed by atoms with Gasteiger partial charge in [-0.2, -0.15) is 0 Å². The minimum absolute atomic E-state index is 0.689. The molecule has 0 spiro atoms. The van der Waals surface area contributed by atoms with Crippen molar-refractivity contribution < 1.29 is 4.74 Å². The first-order chi connectivity index (χ1) is 3.39. The van der Waals surface area contributed by atoms with Crippen LogP contribution in [0.15, 0.2) is 0 Å². The van der Waals surface area contributed by atoms with Crippen molar-refractivity contribution in [2.75, 3.05) is 13.2 Å². The van der Waals surface area contributed by atoms with Crippen LogP contribution in [0.2, 0.25) is 0 Å². The molecule has 0 aromatic rings. The van der Waals surface area contributed by atoms with Crippen molar-refractivity contribution in [1.29, 1.82) is 0 Å². The average molecular weight is 99.2 g/mol. The molecule has 1 aliphatic heterocycles. The summed E-state index contributed by atoms with van der Waals surface area (Å²) in [4.78, 5) is 0. The first-order valence-electron chi connectivity index (χ1n) is 2.80. The zero-order valence-electron chi connectivity index (χ0n) is 4.68. The molecule has 1 heterocycles. The SMILES string of the molecule is C[C@H]1[CH]CCOC1. The fourth-order valence-electron chi connectivity index (χ4n) is 0.773. The maximum Gasteiger partial charge on any atom is 0.0494 e. The summed E-state index contributed by atoms with van der Waals surface area (Å²) in [7, 11) is 0. The van der Waals surface area contributed by atoms with Crippen molar-refractivity contribution in [3.8, 4) is 0 Å². The molecule has 1 radical (unpaired) electrons. The Bertz CT molecular complexity index is 46.1. The highest BCUT2D eigenvalue weighted by Gasteiger charge is 2.06. The maximum absolute atomic E-state index is 5.15. The number of hydrogen-bond donors (Lipinski definition) is 0. The molecular weight excluding hydrogens is 88.1 g/mol. The molecule has 1 heteroatoms. The van der Waals surface area contributed by atoms with Crippen LogP contribution in [0, 0.1) is 12.3 Å². The van der Waals surface area contributed by atoms with Gasteiger partial charge in [0, 0.05) is 13.2 Å². The van der Waals surface area contributed by atoms with E-state index in [1.54, 1.807) is 0 Å². The summed E-state index contributed by atoms with van der Waals surface area (Å²) in [5.41, 5.74) is 0. The Morgan fingerprint density at radius 1 is 1.71 bits per heavy atom. The van der Waals surface area contributed by atoms with Crippen LogP contribution in [0.25, 0.3) is 0 Å². The third-order valence-electron chi connectivity index (χ3n) is 1.21. The lowest BCUT2D eigenvalue weighted by atomic mass is 10.1. The highest BCUT2D eigenvalue weighted by Crippen LogP contribution is 2.09. The van der Waals surface area contributed by atoms with Crippen LogP contribution in [-0.2, 0) is 4.74 Å². The molecule has 0 saturated carbocycles. The van der Waals surface area contributed by atoms with Gasteiger partial charge >= 0.3 is 0 Å². The van der Waals surface area contributed by atoms with Gasteiger partial charge in [0.2, 0.25) is 0 Å². The third-order valence-corrected chi connectivity index (χ3v) is 1.21. The molecule has 0 unspecified atom stereocenters. The van der Waals surface area contributed by atoms with Crippen LogP contribution in [0.4, 0.5) is 0 Å². The molecule has 1 rings (SSSR count). The van der Waals surface area contributed by atoms with Crippen LogP contribution in [0.5, 0.6) is 0 Å². The summed E-state index contributed by atoms with van der Waals surface area (Å²) in [5, 5.41) is 0. The van der Waals surface area contributed by atoms with E-state index in [4.69, 9.17) is 4.74 Å². The van der Waals surface area contributed by atoms with E-state index in [9.17, 15) is 0 Å². The summed E-state index contributed by atoms with van der Waals surface area (Å²) in [6.07, 6.45) is 3.45. The molecule has 7 heavy (non-hydrogen) atoms. The van der Waals surface area contributed by atoms with Gasteiger partial charge in [-0.15, -0.1) is 0 Å². The molecular formula is C6H11O. The van der Waals surface area contributed by atoms with Crippen molar-refractivity contribution in [3.63, 3.8) is 0 Å². The Morgan fingerprint density at radius 3 is 2.86 bits per heavy atom. The molecule has 1 nitrogen and oxygen atoms in total. The van der Waals surface area contributed by atoms with Crippen LogP contribution in [0.1, 0.15) is 13.3 Å². The van der Waals surface area contributed by atoms with E-state index >= 15 is 0 Å². The van der Waals surface area contributed by atoms with Crippen LogP contribution >= 0.6 is 0 Å². The molecule has 0 aromatic heterocycles. The van der Waals surface area contributed by atoms with Gasteiger partial charge in [-0.25, -0.2) is 0 Å². The predicted octanol–water partition coefficient (Wildman–Crippen LogP) is 1.25. The highest BCUT2D eigenvalue weighted by atomic mass is 16.5. The normalized spacial score (nSPS) is 33.0. The maximum atomic E-state index is 5.15. The van der Waals surface area contributed by atoms with Gasteiger partial charge in [0.15, 0.2) is 0 Å². The summed E-state index contributed by atoms with van der Waals surface area (Å²) >= 11 is 0. The lowest BCUT2D eigenvalue weighted by molar-refractivity contribution is 0.0874. The average Bonchev–Trinajstić information content (AvgIpc) is 1.69. The highest BCUT2D eigenvalue weighted by molar-refractivity contribution is 4.75. The summed E-state index contributed by atoms with van der Waals surface area (Å²) in [6, 6.07) is 0. The Labute approximate surface area is 44.7 Å². The zero-order valence-corrected chi connectivity index (χ0v) is 4.68. The number of hydrogen-bond acceptors (Lipinski definition) is 1. The zero-order chi connectivity index (χ0) is 5.11. The van der Waals surface area contributed by atoms with E-state index in [0.717, 1.165) is 19.6 Å². The van der Waals surface area contributed by atoms with Crippen molar-refractivity contribution >= 4 is 0 Å². The van der Waals surface area contributed by atoms with E-state index < -0.39 is 0 Å². The van der Waals surface area contributed by atoms with Gasteiger partial charge in [0.1, 0.15) is 0 Å². The molecule has 1 fully saturated rings. The van der Waals surface area contributed by atoms with Crippen molar-refractivity contribution in [2.45, 2.75) is 13.3 Å². The minimum Gasteiger partial charge on any atom is -0.381 e. The van der Waals surface area contributed by atoms with E-state index in [1.165, 1.54) is 0 Å². The molecule has 41 valence electrons. The predicted molar refractivity (Wildman–Crippen MR) is 28.9 cm³/mol. The van der Waals surface area contributed by atoms with Gasteiger partial charge in [-0.3, -0.25) is 0 Å². The van der Waals surface area contributed by atoms with E-state index in [2.05, 4.69) is 13.3 Å². The summed E-state index contributed by atoms with van der Waals surface area (Å²) < 4.78 is 5.15. The second kappa shape index (κ2) is 2.31. The van der Waals surface area contributed by atoms with E-state index in [0.29, 0.717) is 5.92 Å². The molecule has 1 saturated heterocycles. The second-order valence-corrected chi connectivity index (χ2v) is 2.08. The first-order valence-corrected chi connectivity index (χ1v) is 2.80. The molecule has 0 bridgehead atoms. The Balaban J connectivity index is 2.12. The van der Waals surface area contributed by atoms with E-state index in [-0.39, 0.29) is 0 Å². The fourth-order valence-corrected chi connectivity index (χ4v) is 0.773. The Hall–Kier alpha value is -0.0400. The lowest BCUT2D eigenvalue weighted by Crippen LogP contribution is -2.14. The van der Waals surface area contributed by atoms with E-state index in [1.807, 2.05) is 0 Å². The van der Waals surface area contributed by atoms with Gasteiger partial charge in [-0.05, 0) is 18.8 Å². The van der Waals surface area contributed by atoms with Gasteiger partial charge in [0.25, 0.3) is 0 Å². The van der Waals surface area contributed by atoms with Crippen LogP contribution in [0.3, 0.4) is 0 Å². The van der Waals surface area contributed by atoms with Gasteiger partial charge in [-0.1, -0.05) is 6.92 Å². The summed E-state index contributed by atoms with van der Waals surface area (Å²) in [6.45, 7) is 4.05. The smallest absolute Gasteiger partial charge is 0.0494 e. The van der Waals surface area contributed by atoms with Crippen LogP contribution < -0.4 is 0 Å².